The molecule has 2 rings (SSSR count). The van der Waals surface area contributed by atoms with Gasteiger partial charge in [0.2, 0.25) is 6.41 Å². The summed E-state index contributed by atoms with van der Waals surface area (Å²) in [4.78, 5) is 25.9. The number of hydrogen-bond donors (Lipinski definition) is 0. The van der Waals surface area contributed by atoms with Crippen molar-refractivity contribution in [2.24, 2.45) is 5.92 Å². The summed E-state index contributed by atoms with van der Waals surface area (Å²) in [6.45, 7) is 12.2. The van der Waals surface area contributed by atoms with E-state index in [9.17, 15) is 14.0 Å². The molecule has 0 aliphatic carbocycles. The molecule has 0 aromatic heterocycles. The van der Waals surface area contributed by atoms with Crippen LogP contribution < -0.4 is 0 Å². The van der Waals surface area contributed by atoms with Crippen LogP contribution >= 0.6 is 0 Å². The number of nitrogens with zero attached hydrogens (tertiary/aromatic N) is 1. The predicted molar refractivity (Wildman–Crippen MR) is 154 cm³/mol. The number of esters is 1. The fourth-order valence-corrected chi connectivity index (χ4v) is 4.82. The van der Waals surface area contributed by atoms with Crippen molar-refractivity contribution in [3.8, 4) is 11.1 Å². The van der Waals surface area contributed by atoms with E-state index in [0.717, 1.165) is 22.3 Å². The Kier molecular flexibility index (Phi) is 12.5. The van der Waals surface area contributed by atoms with Crippen LogP contribution in [0.15, 0.2) is 66.0 Å². The molecule has 38 heavy (non-hydrogen) atoms. The highest BCUT2D eigenvalue weighted by atomic mass is 19.1. The molecule has 5 heteroatoms. The molecule has 0 spiro atoms. The van der Waals surface area contributed by atoms with Crippen LogP contribution in [0.25, 0.3) is 11.1 Å². The fourth-order valence-electron chi connectivity index (χ4n) is 4.82. The van der Waals surface area contributed by atoms with Crippen molar-refractivity contribution >= 4 is 12.4 Å². The summed E-state index contributed by atoms with van der Waals surface area (Å²) >= 11 is 0. The van der Waals surface area contributed by atoms with Crippen molar-refractivity contribution in [3.05, 3.63) is 82.7 Å². The lowest BCUT2D eigenvalue weighted by molar-refractivity contribution is -0.148. The van der Waals surface area contributed by atoms with Gasteiger partial charge in [-0.3, -0.25) is 4.79 Å². The summed E-state index contributed by atoms with van der Waals surface area (Å²) in [5, 5.41) is 0. The Bertz CT molecular complexity index is 1120. The molecule has 0 saturated carbocycles. The number of hydrogen-bond acceptors (Lipinski definition) is 3. The Morgan fingerprint density at radius 1 is 1.05 bits per heavy atom. The minimum atomic E-state index is -1.01. The van der Waals surface area contributed by atoms with Crippen molar-refractivity contribution < 1.29 is 18.7 Å². The zero-order valence-electron chi connectivity index (χ0n) is 24.1. The average molecular weight is 522 g/mol. The van der Waals surface area contributed by atoms with Crippen molar-refractivity contribution in [2.45, 2.75) is 85.7 Å². The van der Waals surface area contributed by atoms with Crippen LogP contribution in [0.2, 0.25) is 0 Å². The van der Waals surface area contributed by atoms with Gasteiger partial charge in [-0.15, -0.1) is 0 Å². The maximum atomic E-state index is 13.9. The van der Waals surface area contributed by atoms with E-state index in [1.165, 1.54) is 55.4 Å². The van der Waals surface area contributed by atoms with Gasteiger partial charge in [-0.25, -0.2) is 9.18 Å². The molecule has 0 saturated heterocycles. The number of aryl methyl sites for hydroxylation is 1. The van der Waals surface area contributed by atoms with Crippen LogP contribution in [0, 0.1) is 12.8 Å². The molecule has 0 fully saturated rings. The Labute approximate surface area is 228 Å². The van der Waals surface area contributed by atoms with Gasteiger partial charge in [0.1, 0.15) is 5.83 Å². The lowest BCUT2D eigenvalue weighted by Gasteiger charge is -2.27. The van der Waals surface area contributed by atoms with Gasteiger partial charge in [-0.05, 0) is 84.9 Å². The van der Waals surface area contributed by atoms with Crippen LogP contribution in [0.4, 0.5) is 4.39 Å². The third-order valence-electron chi connectivity index (χ3n) is 7.10. The summed E-state index contributed by atoms with van der Waals surface area (Å²) in [6, 6.07) is 14.0. The second-order valence-electron chi connectivity index (χ2n) is 10.5. The highest BCUT2D eigenvalue weighted by Crippen LogP contribution is 2.31. The molecular formula is C33H44FNO3. The molecule has 2 aromatic rings. The summed E-state index contributed by atoms with van der Waals surface area (Å²) in [7, 11) is 1.26. The first-order valence-electron chi connectivity index (χ1n) is 13.6. The highest BCUT2D eigenvalue weighted by Gasteiger charge is 2.28. The number of rotatable bonds is 14. The molecule has 2 atom stereocenters. The number of methoxy groups -OCH3 is 1. The largest absolute Gasteiger partial charge is 0.467 e. The maximum Gasteiger partial charge on any atom is 0.332 e. The monoisotopic (exact) mass is 521 g/mol. The van der Waals surface area contributed by atoms with Gasteiger partial charge in [-0.1, -0.05) is 82.2 Å². The topological polar surface area (TPSA) is 46.6 Å². The van der Waals surface area contributed by atoms with E-state index >= 15 is 0 Å². The summed E-state index contributed by atoms with van der Waals surface area (Å²) in [6.07, 6.45) is 8.01. The Hall–Kier alpha value is -3.21. The smallest absolute Gasteiger partial charge is 0.332 e. The van der Waals surface area contributed by atoms with Crippen LogP contribution in [0.5, 0.6) is 0 Å². The van der Waals surface area contributed by atoms with E-state index in [-0.39, 0.29) is 6.54 Å². The van der Waals surface area contributed by atoms with Crippen molar-refractivity contribution in [3.63, 3.8) is 0 Å². The summed E-state index contributed by atoms with van der Waals surface area (Å²) in [5.74, 6) is 0.215. The molecule has 2 aromatic carbocycles. The average Bonchev–Trinajstić information content (AvgIpc) is 2.91. The second-order valence-corrected chi connectivity index (χ2v) is 10.5. The van der Waals surface area contributed by atoms with E-state index in [0.29, 0.717) is 23.8 Å². The Morgan fingerprint density at radius 2 is 1.71 bits per heavy atom. The minimum absolute atomic E-state index is 0.200. The molecular weight excluding hydrogens is 477 g/mol. The first-order valence-corrected chi connectivity index (χ1v) is 13.6. The van der Waals surface area contributed by atoms with E-state index in [2.05, 4.69) is 51.1 Å². The number of halogens is 1. The van der Waals surface area contributed by atoms with Crippen LogP contribution in [-0.2, 0) is 20.9 Å². The van der Waals surface area contributed by atoms with Gasteiger partial charge in [-0.2, -0.15) is 0 Å². The first-order chi connectivity index (χ1) is 18.1. The van der Waals surface area contributed by atoms with E-state index in [4.69, 9.17) is 4.74 Å². The third kappa shape index (κ3) is 8.68. The van der Waals surface area contributed by atoms with Gasteiger partial charge < -0.3 is 9.64 Å². The molecule has 4 nitrogen and oxygen atoms in total. The SMILES string of the molecule is C/C=C(F)\C=C(/C)C(C(=O)OC)N(C=O)Cc1ccc(-c2ccc(C(CCC)CCC(C)C)cc2)cc1C. The molecule has 0 bridgehead atoms. The second kappa shape index (κ2) is 15.3. The molecule has 0 aliphatic heterocycles. The number of benzene rings is 2. The Balaban J connectivity index is 2.27. The van der Waals surface area contributed by atoms with E-state index in [1.807, 2.05) is 19.1 Å². The Morgan fingerprint density at radius 3 is 2.24 bits per heavy atom. The van der Waals surface area contributed by atoms with E-state index < -0.39 is 17.8 Å². The normalized spacial score (nSPS) is 13.8. The third-order valence-corrected chi connectivity index (χ3v) is 7.10. The van der Waals surface area contributed by atoms with Gasteiger partial charge >= 0.3 is 5.97 Å². The molecule has 0 aliphatic rings. The fraction of sp³-hybridized carbons (Fsp3) is 0.455. The summed E-state index contributed by atoms with van der Waals surface area (Å²) < 4.78 is 18.8. The highest BCUT2D eigenvalue weighted by molar-refractivity contribution is 5.82. The van der Waals surface area contributed by atoms with Crippen molar-refractivity contribution in [2.75, 3.05) is 7.11 Å². The molecule has 1 amide bonds. The summed E-state index contributed by atoms with van der Waals surface area (Å²) in [5.41, 5.74) is 5.94. The number of allylic oxidation sites excluding steroid dienone is 3. The van der Waals surface area contributed by atoms with Gasteiger partial charge in [0.25, 0.3) is 0 Å². The van der Waals surface area contributed by atoms with Gasteiger partial charge in [0.05, 0.1) is 7.11 Å². The number of carbonyl (C=O) groups is 2. The quantitative estimate of drug-likeness (QED) is 0.143. The number of carbonyl (C=O) groups excluding carboxylic acids is 2. The zero-order chi connectivity index (χ0) is 28.2. The molecule has 2 unspecified atom stereocenters. The van der Waals surface area contributed by atoms with Gasteiger partial charge in [0, 0.05) is 6.54 Å². The maximum absolute atomic E-state index is 13.9. The lowest BCUT2D eigenvalue weighted by atomic mass is 9.87. The molecule has 0 heterocycles. The molecule has 206 valence electrons. The first kappa shape index (κ1) is 31.0. The number of amides is 1. The molecule has 0 N–H and O–H groups in total. The minimum Gasteiger partial charge on any atom is -0.467 e. The molecule has 0 radical (unpaired) electrons. The van der Waals surface area contributed by atoms with Gasteiger partial charge in [0.15, 0.2) is 6.04 Å². The standard InChI is InChI=1S/C33H44FNO3/c1-8-10-26(12-11-23(3)4)27-13-15-28(16-14-27)29-17-18-30(24(5)19-29)21-35(22-36)32(33(37)38-7)25(6)20-31(34)9-2/h9,13-20,22-23,26,32H,8,10-12,21H2,1-7H3/b25-20+,31-9+. The number of ether oxygens (including phenoxy) is 1. The van der Waals surface area contributed by atoms with E-state index in [1.54, 1.807) is 13.8 Å². The van der Waals surface area contributed by atoms with Crippen molar-refractivity contribution in [1.29, 1.82) is 0 Å². The zero-order valence-corrected chi connectivity index (χ0v) is 24.1. The van der Waals surface area contributed by atoms with Crippen molar-refractivity contribution in [1.82, 2.24) is 4.90 Å². The lowest BCUT2D eigenvalue weighted by Crippen LogP contribution is -2.41. The van der Waals surface area contributed by atoms with Crippen LogP contribution in [0.1, 0.15) is 82.9 Å². The predicted octanol–water partition coefficient (Wildman–Crippen LogP) is 8.30. The van der Waals surface area contributed by atoms with Crippen LogP contribution in [0.3, 0.4) is 0 Å². The van der Waals surface area contributed by atoms with Crippen LogP contribution in [-0.4, -0.2) is 30.4 Å².